The molecule has 0 saturated heterocycles. The molecule has 0 aromatic carbocycles. The molecule has 8 heteroatoms. The van der Waals surface area contributed by atoms with E-state index in [-0.39, 0.29) is 30.2 Å². The Hall–Kier alpha value is -1.83. The van der Waals surface area contributed by atoms with Crippen LogP contribution in [0.4, 0.5) is 4.79 Å². The molecule has 0 aliphatic carbocycles. The minimum Gasteiger partial charge on any atom is -0.462 e. The maximum Gasteiger partial charge on any atom is 0.407 e. The molecule has 8 nitrogen and oxygen atoms in total. The van der Waals surface area contributed by atoms with Crippen LogP contribution in [-0.2, 0) is 23.8 Å². The molecule has 0 fully saturated rings. The number of ether oxygens (including phenoxy) is 3. The van der Waals surface area contributed by atoms with Crippen LogP contribution in [0.2, 0.25) is 0 Å². The number of alkyl carbamates (subject to hydrolysis) is 1. The summed E-state index contributed by atoms with van der Waals surface area (Å²) in [6.07, 6.45) is 39.5. The second-order valence-electron chi connectivity index (χ2n) is 19.0. The molecule has 0 unspecified atom stereocenters. The van der Waals surface area contributed by atoms with Crippen molar-refractivity contribution in [2.24, 2.45) is 0 Å². The van der Waals surface area contributed by atoms with Crippen LogP contribution in [0.25, 0.3) is 0 Å². The maximum atomic E-state index is 12.9. The number of unbranched alkanes of at least 4 members (excludes halogenated alkanes) is 23. The third kappa shape index (κ3) is 41.5. The Morgan fingerprint density at radius 1 is 0.450 bits per heavy atom. The Kier molecular flexibility index (Phi) is 41.2. The van der Waals surface area contributed by atoms with Gasteiger partial charge in [-0.05, 0) is 117 Å². The SMILES string of the molecule is CCCCCCCCC(CCCCCCCC)OC(=O)CCCCCCCN(CCCCCCCC(=O)O[C@H](CC)CCCCCCCC)CCCNC(=O)OC(C)(C)C. The lowest BCUT2D eigenvalue weighted by atomic mass is 10.0. The number of carbonyl (C=O) groups is 3. The van der Waals surface area contributed by atoms with Gasteiger partial charge in [-0.25, -0.2) is 4.79 Å². The number of nitrogens with one attached hydrogen (secondary N) is 1. The van der Waals surface area contributed by atoms with E-state index in [1.807, 2.05) is 20.8 Å². The molecule has 0 aromatic heterocycles. The Morgan fingerprint density at radius 3 is 1.22 bits per heavy atom. The molecule has 0 aliphatic rings. The standard InChI is InChI=1S/C52H102N2O6/c1-8-12-15-18-23-30-38-47(11-4)58-49(55)41-33-26-21-28-35-44-54(46-37-43-53-51(57)60-52(5,6)7)45-36-29-22-27-34-42-50(56)59-48(39-31-24-19-16-13-9-2)40-32-25-20-17-14-10-3/h47-48H,8-46H2,1-7H3,(H,53,57)/t47-/m1/s1. The quantitative estimate of drug-likeness (QED) is 0.0371. The molecule has 1 amide bonds. The maximum absolute atomic E-state index is 12.9. The van der Waals surface area contributed by atoms with Gasteiger partial charge in [0, 0.05) is 19.4 Å². The lowest BCUT2D eigenvalue weighted by Crippen LogP contribution is -2.35. The highest BCUT2D eigenvalue weighted by Crippen LogP contribution is 2.19. The van der Waals surface area contributed by atoms with Gasteiger partial charge in [0.1, 0.15) is 17.8 Å². The first-order chi connectivity index (χ1) is 29.0. The predicted octanol–water partition coefficient (Wildman–Crippen LogP) is 15.4. The number of rotatable bonds is 44. The van der Waals surface area contributed by atoms with Crippen LogP contribution in [0, 0.1) is 0 Å². The zero-order valence-electron chi connectivity index (χ0n) is 41.1. The summed E-state index contributed by atoms with van der Waals surface area (Å²) in [6.45, 7) is 18.2. The number of hydrogen-bond donors (Lipinski definition) is 1. The van der Waals surface area contributed by atoms with Gasteiger partial charge in [0.05, 0.1) is 0 Å². The predicted molar refractivity (Wildman–Crippen MR) is 255 cm³/mol. The number of esters is 2. The number of amides is 1. The van der Waals surface area contributed by atoms with E-state index in [1.54, 1.807) is 0 Å². The Balaban J connectivity index is 4.55. The number of carbonyl (C=O) groups excluding carboxylic acids is 3. The van der Waals surface area contributed by atoms with Gasteiger partial charge in [0.15, 0.2) is 0 Å². The molecule has 0 spiro atoms. The number of hydrogen-bond acceptors (Lipinski definition) is 7. The average molecular weight is 851 g/mol. The second kappa shape index (κ2) is 42.5. The Bertz CT molecular complexity index is 953. The summed E-state index contributed by atoms with van der Waals surface area (Å²) >= 11 is 0. The van der Waals surface area contributed by atoms with Gasteiger partial charge in [0.25, 0.3) is 0 Å². The highest BCUT2D eigenvalue weighted by molar-refractivity contribution is 5.69. The summed E-state index contributed by atoms with van der Waals surface area (Å²) in [7, 11) is 0. The van der Waals surface area contributed by atoms with Crippen molar-refractivity contribution < 1.29 is 28.6 Å². The van der Waals surface area contributed by atoms with Gasteiger partial charge in [-0.3, -0.25) is 9.59 Å². The lowest BCUT2D eigenvalue weighted by Gasteiger charge is -2.23. The summed E-state index contributed by atoms with van der Waals surface area (Å²) in [5.74, 6) is -0.0165. The van der Waals surface area contributed by atoms with Crippen LogP contribution in [0.3, 0.4) is 0 Å². The van der Waals surface area contributed by atoms with E-state index in [4.69, 9.17) is 14.2 Å². The normalized spacial score (nSPS) is 12.3. The topological polar surface area (TPSA) is 94.2 Å². The molecule has 60 heavy (non-hydrogen) atoms. The lowest BCUT2D eigenvalue weighted by molar-refractivity contribution is -0.150. The van der Waals surface area contributed by atoms with Gasteiger partial charge >= 0.3 is 18.0 Å². The van der Waals surface area contributed by atoms with Crippen LogP contribution in [-0.4, -0.2) is 66.9 Å². The van der Waals surface area contributed by atoms with Crippen molar-refractivity contribution >= 4 is 18.0 Å². The van der Waals surface area contributed by atoms with Crippen molar-refractivity contribution in [3.05, 3.63) is 0 Å². The second-order valence-corrected chi connectivity index (χ2v) is 19.0. The first kappa shape index (κ1) is 58.2. The van der Waals surface area contributed by atoms with Crippen molar-refractivity contribution in [3.63, 3.8) is 0 Å². The van der Waals surface area contributed by atoms with E-state index in [1.165, 1.54) is 109 Å². The molecule has 0 rings (SSSR count). The van der Waals surface area contributed by atoms with Gasteiger partial charge < -0.3 is 24.4 Å². The molecule has 1 N–H and O–H groups in total. The molecule has 0 radical (unpaired) electrons. The van der Waals surface area contributed by atoms with Crippen molar-refractivity contribution in [2.75, 3.05) is 26.2 Å². The van der Waals surface area contributed by atoms with Crippen LogP contribution >= 0.6 is 0 Å². The fraction of sp³-hybridized carbons (Fsp3) is 0.942. The fourth-order valence-electron chi connectivity index (χ4n) is 7.97. The van der Waals surface area contributed by atoms with E-state index >= 15 is 0 Å². The van der Waals surface area contributed by atoms with Crippen LogP contribution in [0.1, 0.15) is 273 Å². The van der Waals surface area contributed by atoms with E-state index in [0.717, 1.165) is 122 Å². The molecule has 0 aliphatic heterocycles. The third-order valence-electron chi connectivity index (χ3n) is 11.7. The molecule has 0 aromatic rings. The van der Waals surface area contributed by atoms with Gasteiger partial charge in [0.2, 0.25) is 0 Å². The summed E-state index contributed by atoms with van der Waals surface area (Å²) in [4.78, 5) is 40.0. The minimum atomic E-state index is -0.495. The van der Waals surface area contributed by atoms with E-state index in [9.17, 15) is 14.4 Å². The van der Waals surface area contributed by atoms with Crippen molar-refractivity contribution in [3.8, 4) is 0 Å². The molecular weight excluding hydrogens is 749 g/mol. The summed E-state index contributed by atoms with van der Waals surface area (Å²) < 4.78 is 17.3. The van der Waals surface area contributed by atoms with E-state index in [0.29, 0.717) is 19.4 Å². The first-order valence-corrected chi connectivity index (χ1v) is 26.1. The van der Waals surface area contributed by atoms with Gasteiger partial charge in [-0.15, -0.1) is 0 Å². The summed E-state index contributed by atoms with van der Waals surface area (Å²) in [5.41, 5.74) is -0.495. The third-order valence-corrected chi connectivity index (χ3v) is 11.7. The van der Waals surface area contributed by atoms with Crippen molar-refractivity contribution in [1.29, 1.82) is 0 Å². The van der Waals surface area contributed by atoms with Crippen LogP contribution < -0.4 is 5.32 Å². The highest BCUT2D eigenvalue weighted by atomic mass is 16.6. The summed E-state index contributed by atoms with van der Waals surface area (Å²) in [6, 6.07) is 0. The van der Waals surface area contributed by atoms with Crippen LogP contribution in [0.15, 0.2) is 0 Å². The van der Waals surface area contributed by atoms with Crippen LogP contribution in [0.5, 0.6) is 0 Å². The van der Waals surface area contributed by atoms with E-state index in [2.05, 4.69) is 37.9 Å². The molecule has 0 saturated carbocycles. The number of nitrogens with zero attached hydrogens (tertiary/aromatic N) is 1. The fourth-order valence-corrected chi connectivity index (χ4v) is 7.97. The van der Waals surface area contributed by atoms with Crippen molar-refractivity contribution in [1.82, 2.24) is 10.2 Å². The van der Waals surface area contributed by atoms with E-state index < -0.39 is 5.60 Å². The van der Waals surface area contributed by atoms with Crippen molar-refractivity contribution in [2.45, 2.75) is 291 Å². The summed E-state index contributed by atoms with van der Waals surface area (Å²) in [5, 5.41) is 2.91. The molecule has 1 atom stereocenters. The molecule has 0 heterocycles. The van der Waals surface area contributed by atoms with Gasteiger partial charge in [-0.1, -0.05) is 163 Å². The largest absolute Gasteiger partial charge is 0.462 e. The Morgan fingerprint density at radius 2 is 0.800 bits per heavy atom. The first-order valence-electron chi connectivity index (χ1n) is 26.1. The Labute approximate surface area is 372 Å². The molecule has 0 bridgehead atoms. The minimum absolute atomic E-state index is 0.00648. The zero-order chi connectivity index (χ0) is 44.4. The zero-order valence-corrected chi connectivity index (χ0v) is 41.1. The molecular formula is C52H102N2O6. The van der Waals surface area contributed by atoms with Gasteiger partial charge in [-0.2, -0.15) is 0 Å². The monoisotopic (exact) mass is 851 g/mol. The highest BCUT2D eigenvalue weighted by Gasteiger charge is 2.17. The molecule has 356 valence electrons. The smallest absolute Gasteiger partial charge is 0.407 e. The average Bonchev–Trinajstić information content (AvgIpc) is 3.20.